The Morgan fingerprint density at radius 1 is 0.853 bits per heavy atom. The molecule has 1 aliphatic carbocycles. The van der Waals surface area contributed by atoms with Gasteiger partial charge in [0.05, 0.1) is 0 Å². The van der Waals surface area contributed by atoms with Crippen molar-refractivity contribution in [1.29, 1.82) is 0 Å². The molecule has 0 spiro atoms. The van der Waals surface area contributed by atoms with E-state index in [0.29, 0.717) is 23.3 Å². The van der Waals surface area contributed by atoms with Crippen LogP contribution in [0.3, 0.4) is 0 Å². The molecule has 0 fully saturated rings. The van der Waals surface area contributed by atoms with Crippen molar-refractivity contribution in [1.82, 2.24) is 0 Å². The number of ketones is 2. The van der Waals surface area contributed by atoms with E-state index in [-0.39, 0.29) is 6.42 Å². The molecule has 1 aliphatic rings. The van der Waals surface area contributed by atoms with E-state index < -0.39 is 23.6 Å². The Bertz CT molecular complexity index is 1240. The first-order valence-electron chi connectivity index (χ1n) is 11.4. The van der Waals surface area contributed by atoms with Crippen molar-refractivity contribution in [2.75, 3.05) is 0 Å². The number of fused-ring (bicyclic) bond motifs is 1. The third kappa shape index (κ3) is 4.84. The maximum atomic E-state index is 13.2. The fourth-order valence-corrected chi connectivity index (χ4v) is 4.21. The molecule has 5 nitrogen and oxygen atoms in total. The number of benzene rings is 3. The first-order valence-corrected chi connectivity index (χ1v) is 11.4. The number of carbonyl (C=O) groups is 3. The molecule has 3 aromatic rings. The van der Waals surface area contributed by atoms with Crippen molar-refractivity contribution < 1.29 is 24.2 Å². The number of carboxylic acids is 1. The Hall–Kier alpha value is -3.99. The van der Waals surface area contributed by atoms with Gasteiger partial charge in [0, 0.05) is 17.6 Å². The smallest absolute Gasteiger partial charge is 0.344 e. The normalized spacial score (nSPS) is 14.0. The van der Waals surface area contributed by atoms with Crippen LogP contribution in [-0.4, -0.2) is 28.7 Å². The summed E-state index contributed by atoms with van der Waals surface area (Å²) >= 11 is 0. The average molecular weight is 455 g/mol. The van der Waals surface area contributed by atoms with Crippen molar-refractivity contribution >= 4 is 23.1 Å². The fraction of sp³-hybridized carbons (Fsp3) is 0.207. The number of allylic oxidation sites excluding steroid dienone is 1. The molecule has 5 heteroatoms. The molecule has 0 amide bonds. The molecule has 0 aliphatic heterocycles. The van der Waals surface area contributed by atoms with Crippen molar-refractivity contribution in [3.8, 4) is 5.75 Å². The lowest BCUT2D eigenvalue weighted by Gasteiger charge is -2.22. The molecule has 0 heterocycles. The molecular weight excluding hydrogens is 428 g/mol. The predicted octanol–water partition coefficient (Wildman–Crippen LogP) is 5.52. The summed E-state index contributed by atoms with van der Waals surface area (Å²) in [5, 5.41) is 9.40. The van der Waals surface area contributed by atoms with E-state index in [1.807, 2.05) is 61.5 Å². The largest absolute Gasteiger partial charge is 0.479 e. The summed E-state index contributed by atoms with van der Waals surface area (Å²) in [6, 6.07) is 23.8. The van der Waals surface area contributed by atoms with Gasteiger partial charge in [-0.1, -0.05) is 80.1 Å². The van der Waals surface area contributed by atoms with Crippen LogP contribution in [0.4, 0.5) is 0 Å². The summed E-state index contributed by atoms with van der Waals surface area (Å²) < 4.78 is 5.67. The molecule has 0 radical (unpaired) electrons. The number of ether oxygens (including phenoxy) is 1. The van der Waals surface area contributed by atoms with Gasteiger partial charge in [-0.15, -0.1) is 0 Å². The number of carbonyl (C=O) groups excluding carboxylic acids is 2. The van der Waals surface area contributed by atoms with E-state index in [1.54, 1.807) is 24.3 Å². The van der Waals surface area contributed by atoms with E-state index >= 15 is 0 Å². The van der Waals surface area contributed by atoms with Crippen molar-refractivity contribution in [3.63, 3.8) is 0 Å². The summed E-state index contributed by atoms with van der Waals surface area (Å²) in [6.07, 6.45) is 1.48. The lowest BCUT2D eigenvalue weighted by molar-refractivity contribution is -0.145. The van der Waals surface area contributed by atoms with Gasteiger partial charge in [-0.3, -0.25) is 9.59 Å². The first-order chi connectivity index (χ1) is 16.5. The highest BCUT2D eigenvalue weighted by atomic mass is 16.5. The van der Waals surface area contributed by atoms with Crippen LogP contribution in [-0.2, 0) is 16.0 Å². The fourth-order valence-electron chi connectivity index (χ4n) is 4.21. The zero-order valence-corrected chi connectivity index (χ0v) is 19.0. The Balaban J connectivity index is 1.67. The lowest BCUT2D eigenvalue weighted by atomic mass is 9.79. The molecule has 1 unspecified atom stereocenters. The van der Waals surface area contributed by atoms with Crippen LogP contribution in [0.5, 0.6) is 5.75 Å². The lowest BCUT2D eigenvalue weighted by Crippen LogP contribution is -2.27. The molecule has 34 heavy (non-hydrogen) atoms. The van der Waals surface area contributed by atoms with Crippen LogP contribution in [0.15, 0.2) is 84.4 Å². The van der Waals surface area contributed by atoms with E-state index in [1.165, 1.54) is 0 Å². The molecule has 1 N–H and O–H groups in total. The van der Waals surface area contributed by atoms with Gasteiger partial charge in [0.1, 0.15) is 5.75 Å². The maximum Gasteiger partial charge on any atom is 0.344 e. The van der Waals surface area contributed by atoms with Gasteiger partial charge in [-0.25, -0.2) is 4.79 Å². The molecule has 0 saturated carbocycles. The molecule has 0 saturated heterocycles. The van der Waals surface area contributed by atoms with E-state index in [2.05, 4.69) is 0 Å². The van der Waals surface area contributed by atoms with E-state index in [9.17, 15) is 19.5 Å². The second kappa shape index (κ2) is 10.3. The predicted molar refractivity (Wildman–Crippen MR) is 130 cm³/mol. The molecular formula is C29H26O5. The molecule has 3 aromatic carbocycles. The molecule has 4 rings (SSSR count). The third-order valence-corrected chi connectivity index (χ3v) is 5.96. The van der Waals surface area contributed by atoms with Crippen molar-refractivity contribution in [2.45, 2.75) is 38.7 Å². The van der Waals surface area contributed by atoms with E-state index in [4.69, 9.17) is 4.74 Å². The Kier molecular flexibility index (Phi) is 7.02. The van der Waals surface area contributed by atoms with Gasteiger partial charge < -0.3 is 9.84 Å². The van der Waals surface area contributed by atoms with Crippen LogP contribution in [0.1, 0.15) is 53.2 Å². The zero-order valence-electron chi connectivity index (χ0n) is 19.0. The first kappa shape index (κ1) is 23.2. The number of hydrogen-bond donors (Lipinski definition) is 1. The minimum Gasteiger partial charge on any atom is -0.479 e. The third-order valence-electron chi connectivity index (χ3n) is 5.96. The quantitative estimate of drug-likeness (QED) is 0.431. The Labute approximate surface area is 198 Å². The summed E-state index contributed by atoms with van der Waals surface area (Å²) in [5.74, 6) is -1.52. The highest BCUT2D eigenvalue weighted by Crippen LogP contribution is 2.36. The Morgan fingerprint density at radius 2 is 1.50 bits per heavy atom. The summed E-state index contributed by atoms with van der Waals surface area (Å²) in [4.78, 5) is 37.5. The van der Waals surface area contributed by atoms with Crippen molar-refractivity contribution in [3.05, 3.63) is 107 Å². The van der Waals surface area contributed by atoms with Gasteiger partial charge in [0.2, 0.25) is 11.6 Å². The highest BCUT2D eigenvalue weighted by molar-refractivity contribution is 6.53. The van der Waals surface area contributed by atoms with Crippen LogP contribution < -0.4 is 4.74 Å². The minimum atomic E-state index is -0.986. The standard InChI is InChI=1S/C29H26O5/c1-2-3-13-25(29(32)33)34-21-16-14-19(15-17-21)18-24-26(20-9-5-4-6-10-20)22-11-7-8-12-23(22)27(30)28(24)31/h4-12,14-17,25H,2-3,13,18H2,1H3,(H,32,33). The molecule has 172 valence electrons. The number of carboxylic acid groups (broad SMARTS) is 1. The summed E-state index contributed by atoms with van der Waals surface area (Å²) in [7, 11) is 0. The van der Waals surface area contributed by atoms with Crippen LogP contribution in [0, 0.1) is 0 Å². The number of unbranched alkanes of at least 4 members (excludes halogenated alkanes) is 1. The number of aliphatic carboxylic acids is 1. The molecule has 0 aromatic heterocycles. The van der Waals surface area contributed by atoms with Crippen LogP contribution in [0.2, 0.25) is 0 Å². The number of rotatable bonds is 9. The number of hydrogen-bond acceptors (Lipinski definition) is 4. The Morgan fingerprint density at radius 3 is 2.15 bits per heavy atom. The summed E-state index contributed by atoms with van der Waals surface area (Å²) in [6.45, 7) is 2.00. The maximum absolute atomic E-state index is 13.2. The minimum absolute atomic E-state index is 0.279. The zero-order chi connectivity index (χ0) is 24.1. The topological polar surface area (TPSA) is 80.7 Å². The molecule has 0 bridgehead atoms. The van der Waals surface area contributed by atoms with Gasteiger partial charge in [-0.05, 0) is 47.2 Å². The van der Waals surface area contributed by atoms with Crippen LogP contribution >= 0.6 is 0 Å². The van der Waals surface area contributed by atoms with Gasteiger partial charge in [-0.2, -0.15) is 0 Å². The number of Topliss-reactive ketones (excluding diaryl/α,β-unsaturated/α-hetero) is 2. The van der Waals surface area contributed by atoms with Gasteiger partial charge in [0.15, 0.2) is 6.10 Å². The highest BCUT2D eigenvalue weighted by Gasteiger charge is 2.32. The second-order valence-corrected chi connectivity index (χ2v) is 8.33. The second-order valence-electron chi connectivity index (χ2n) is 8.33. The van der Waals surface area contributed by atoms with Gasteiger partial charge >= 0.3 is 5.97 Å². The monoisotopic (exact) mass is 454 g/mol. The van der Waals surface area contributed by atoms with E-state index in [0.717, 1.165) is 35.1 Å². The SMILES string of the molecule is CCCCC(Oc1ccc(CC2=C(c3ccccc3)c3ccccc3C(=O)C2=O)cc1)C(=O)O. The average Bonchev–Trinajstić information content (AvgIpc) is 2.86. The van der Waals surface area contributed by atoms with Crippen molar-refractivity contribution in [2.24, 2.45) is 0 Å². The van der Waals surface area contributed by atoms with Crippen LogP contribution in [0.25, 0.3) is 5.57 Å². The summed E-state index contributed by atoms with van der Waals surface area (Å²) in [5.41, 5.74) is 4.11. The molecule has 1 atom stereocenters. The van der Waals surface area contributed by atoms with Gasteiger partial charge in [0.25, 0.3) is 0 Å².